The Bertz CT molecular complexity index is 595. The molecule has 2 aromatic rings. The van der Waals surface area contributed by atoms with Gasteiger partial charge in [0, 0.05) is 19.0 Å². The first-order valence-electron chi connectivity index (χ1n) is 6.73. The van der Waals surface area contributed by atoms with Crippen molar-refractivity contribution in [3.63, 3.8) is 0 Å². The van der Waals surface area contributed by atoms with E-state index in [1.807, 2.05) is 24.6 Å². The third-order valence-corrected chi connectivity index (χ3v) is 4.38. The van der Waals surface area contributed by atoms with Gasteiger partial charge in [-0.2, -0.15) is 5.10 Å². The highest BCUT2D eigenvalue weighted by Crippen LogP contribution is 2.23. The van der Waals surface area contributed by atoms with Crippen LogP contribution in [-0.4, -0.2) is 15.8 Å². The average molecular weight is 340 g/mol. The van der Waals surface area contributed by atoms with E-state index in [2.05, 4.69) is 21.0 Å². The summed E-state index contributed by atoms with van der Waals surface area (Å²) in [5.41, 5.74) is 8.88. The van der Waals surface area contributed by atoms with Crippen LogP contribution in [0.15, 0.2) is 28.7 Å². The molecule has 2 N–H and O–H groups in total. The van der Waals surface area contributed by atoms with Gasteiger partial charge in [-0.1, -0.05) is 18.2 Å². The quantitative estimate of drug-likeness (QED) is 0.908. The molecule has 0 fully saturated rings. The van der Waals surface area contributed by atoms with Crippen LogP contribution in [0.5, 0.6) is 0 Å². The molecular formula is C15H19BrFN3. The molecule has 0 radical (unpaired) electrons. The number of rotatable bonds is 5. The lowest BCUT2D eigenvalue weighted by Gasteiger charge is -2.13. The van der Waals surface area contributed by atoms with Gasteiger partial charge < -0.3 is 5.73 Å². The number of hydrogen-bond acceptors (Lipinski definition) is 2. The molecule has 0 aliphatic carbocycles. The Balaban J connectivity index is 2.12. The lowest BCUT2D eigenvalue weighted by molar-refractivity contribution is 0.555. The zero-order valence-electron chi connectivity index (χ0n) is 11.7. The topological polar surface area (TPSA) is 43.8 Å². The van der Waals surface area contributed by atoms with Gasteiger partial charge in [0.2, 0.25) is 0 Å². The lowest BCUT2D eigenvalue weighted by atomic mass is 10.0. The Morgan fingerprint density at radius 1 is 1.35 bits per heavy atom. The molecule has 0 bridgehead atoms. The summed E-state index contributed by atoms with van der Waals surface area (Å²) in [6, 6.07) is 6.65. The number of aryl methyl sites for hydroxylation is 2. The van der Waals surface area contributed by atoms with Crippen molar-refractivity contribution in [1.29, 1.82) is 0 Å². The molecule has 1 heterocycles. The standard InChI is InChI=1S/C15H19BrFN3/c1-3-20-14(15(16)10(2)19-20)9-12(18)8-11-6-4-5-7-13(11)17/h4-7,12H,3,8-9,18H2,1-2H3. The molecule has 20 heavy (non-hydrogen) atoms. The molecule has 1 atom stereocenters. The van der Waals surface area contributed by atoms with Gasteiger partial charge in [-0.25, -0.2) is 4.39 Å². The fourth-order valence-electron chi connectivity index (χ4n) is 2.33. The maximum Gasteiger partial charge on any atom is 0.126 e. The maximum absolute atomic E-state index is 13.6. The van der Waals surface area contributed by atoms with Gasteiger partial charge in [0.1, 0.15) is 5.82 Å². The van der Waals surface area contributed by atoms with Crippen LogP contribution in [0.3, 0.4) is 0 Å². The second-order valence-corrected chi connectivity index (χ2v) is 5.71. The Morgan fingerprint density at radius 3 is 2.70 bits per heavy atom. The Labute approximate surface area is 127 Å². The molecule has 0 saturated heterocycles. The van der Waals surface area contributed by atoms with E-state index in [0.717, 1.165) is 22.4 Å². The van der Waals surface area contributed by atoms with E-state index in [0.29, 0.717) is 18.4 Å². The first-order chi connectivity index (χ1) is 9.52. The van der Waals surface area contributed by atoms with Crippen molar-refractivity contribution in [2.45, 2.75) is 39.3 Å². The molecule has 2 rings (SSSR count). The molecule has 0 aliphatic rings. The summed E-state index contributed by atoms with van der Waals surface area (Å²) in [6.07, 6.45) is 1.19. The molecule has 0 amide bonds. The number of nitrogens with zero attached hydrogens (tertiary/aromatic N) is 2. The number of nitrogens with two attached hydrogens (primary N) is 1. The molecular weight excluding hydrogens is 321 g/mol. The monoisotopic (exact) mass is 339 g/mol. The van der Waals surface area contributed by atoms with Gasteiger partial charge in [-0.05, 0) is 47.8 Å². The molecule has 0 spiro atoms. The SMILES string of the molecule is CCn1nc(C)c(Br)c1CC(N)Cc1ccccc1F. The van der Waals surface area contributed by atoms with E-state index in [4.69, 9.17) is 5.73 Å². The summed E-state index contributed by atoms with van der Waals surface area (Å²) in [4.78, 5) is 0. The van der Waals surface area contributed by atoms with Crippen LogP contribution >= 0.6 is 15.9 Å². The van der Waals surface area contributed by atoms with Crippen LogP contribution in [0.4, 0.5) is 4.39 Å². The maximum atomic E-state index is 13.6. The summed E-state index contributed by atoms with van der Waals surface area (Å²) < 4.78 is 16.6. The first-order valence-corrected chi connectivity index (χ1v) is 7.53. The molecule has 1 unspecified atom stereocenters. The van der Waals surface area contributed by atoms with Crippen molar-refractivity contribution in [2.24, 2.45) is 5.73 Å². The van der Waals surface area contributed by atoms with E-state index in [1.165, 1.54) is 6.07 Å². The van der Waals surface area contributed by atoms with Crippen LogP contribution in [0.1, 0.15) is 23.9 Å². The number of hydrogen-bond donors (Lipinski definition) is 1. The van der Waals surface area contributed by atoms with E-state index in [-0.39, 0.29) is 11.9 Å². The van der Waals surface area contributed by atoms with Crippen molar-refractivity contribution < 1.29 is 4.39 Å². The van der Waals surface area contributed by atoms with Crippen molar-refractivity contribution in [3.05, 3.63) is 51.5 Å². The van der Waals surface area contributed by atoms with Crippen LogP contribution < -0.4 is 5.73 Å². The highest BCUT2D eigenvalue weighted by molar-refractivity contribution is 9.10. The van der Waals surface area contributed by atoms with E-state index < -0.39 is 0 Å². The smallest absolute Gasteiger partial charge is 0.126 e. The summed E-state index contributed by atoms with van der Waals surface area (Å²) in [6.45, 7) is 4.81. The highest BCUT2D eigenvalue weighted by Gasteiger charge is 2.16. The van der Waals surface area contributed by atoms with Gasteiger partial charge in [0.25, 0.3) is 0 Å². The fraction of sp³-hybridized carbons (Fsp3) is 0.400. The average Bonchev–Trinajstić information content (AvgIpc) is 2.69. The molecule has 3 nitrogen and oxygen atoms in total. The van der Waals surface area contributed by atoms with Crippen LogP contribution in [0.25, 0.3) is 0 Å². The molecule has 1 aromatic carbocycles. The molecule has 108 valence electrons. The minimum absolute atomic E-state index is 0.135. The highest BCUT2D eigenvalue weighted by atomic mass is 79.9. The van der Waals surface area contributed by atoms with Gasteiger partial charge in [-0.15, -0.1) is 0 Å². The van der Waals surface area contributed by atoms with E-state index >= 15 is 0 Å². The molecule has 0 saturated carbocycles. The number of benzene rings is 1. The Kier molecular flexibility index (Phi) is 4.94. The van der Waals surface area contributed by atoms with E-state index in [1.54, 1.807) is 12.1 Å². The lowest BCUT2D eigenvalue weighted by Crippen LogP contribution is -2.27. The van der Waals surface area contributed by atoms with Crippen LogP contribution in [-0.2, 0) is 19.4 Å². The summed E-state index contributed by atoms with van der Waals surface area (Å²) in [7, 11) is 0. The third-order valence-electron chi connectivity index (χ3n) is 3.35. The third kappa shape index (κ3) is 3.27. The zero-order valence-corrected chi connectivity index (χ0v) is 13.3. The van der Waals surface area contributed by atoms with Crippen molar-refractivity contribution in [2.75, 3.05) is 0 Å². The minimum Gasteiger partial charge on any atom is -0.327 e. The summed E-state index contributed by atoms with van der Waals surface area (Å²) in [5.74, 6) is -0.192. The second kappa shape index (κ2) is 6.50. The van der Waals surface area contributed by atoms with Gasteiger partial charge in [-0.3, -0.25) is 4.68 Å². The predicted octanol–water partition coefficient (Wildman–Crippen LogP) is 3.23. The van der Waals surface area contributed by atoms with Crippen molar-refractivity contribution >= 4 is 15.9 Å². The normalized spacial score (nSPS) is 12.7. The largest absolute Gasteiger partial charge is 0.327 e. The number of aromatic nitrogens is 2. The van der Waals surface area contributed by atoms with Gasteiger partial charge in [0.05, 0.1) is 15.9 Å². The van der Waals surface area contributed by atoms with Crippen LogP contribution in [0, 0.1) is 12.7 Å². The first kappa shape index (κ1) is 15.2. The van der Waals surface area contributed by atoms with Gasteiger partial charge >= 0.3 is 0 Å². The minimum atomic E-state index is -0.192. The second-order valence-electron chi connectivity index (χ2n) is 4.92. The molecule has 0 aliphatic heterocycles. The zero-order chi connectivity index (χ0) is 14.7. The Morgan fingerprint density at radius 2 is 2.05 bits per heavy atom. The van der Waals surface area contributed by atoms with Gasteiger partial charge in [0.15, 0.2) is 0 Å². The van der Waals surface area contributed by atoms with Crippen LogP contribution in [0.2, 0.25) is 0 Å². The molecule has 1 aromatic heterocycles. The Hall–Kier alpha value is -1.20. The van der Waals surface area contributed by atoms with Crippen molar-refractivity contribution in [3.8, 4) is 0 Å². The molecule has 5 heteroatoms. The number of halogens is 2. The van der Waals surface area contributed by atoms with Crippen molar-refractivity contribution in [1.82, 2.24) is 9.78 Å². The summed E-state index contributed by atoms with van der Waals surface area (Å²) in [5, 5.41) is 4.45. The van der Waals surface area contributed by atoms with E-state index in [9.17, 15) is 4.39 Å². The fourth-order valence-corrected chi connectivity index (χ4v) is 2.78. The summed E-state index contributed by atoms with van der Waals surface area (Å²) >= 11 is 3.56. The predicted molar refractivity (Wildman–Crippen MR) is 82.1 cm³/mol.